The fourth-order valence-electron chi connectivity index (χ4n) is 2.10. The van der Waals surface area contributed by atoms with Crippen molar-refractivity contribution >= 4 is 18.3 Å². The molecule has 108 valence electrons. The first kappa shape index (κ1) is 17.5. The number of nitrogens with one attached hydrogen (secondary N) is 1. The average molecular weight is 289 g/mol. The predicted octanol–water partition coefficient (Wildman–Crippen LogP) is 2.24. The first-order chi connectivity index (χ1) is 7.80. The molecule has 0 aromatic heterocycles. The summed E-state index contributed by atoms with van der Waals surface area (Å²) in [5.41, 5.74) is 5.37. The van der Waals surface area contributed by atoms with Gasteiger partial charge in [-0.05, 0) is 38.5 Å². The zero-order chi connectivity index (χ0) is 13.1. The third kappa shape index (κ3) is 5.44. The number of amides is 1. The highest BCUT2D eigenvalue weighted by Crippen LogP contribution is 2.39. The van der Waals surface area contributed by atoms with Gasteiger partial charge in [0.25, 0.3) is 0 Å². The Hall–Kier alpha value is -0.490. The molecule has 0 radical (unpaired) electrons. The molecule has 1 rings (SSSR count). The molecule has 0 saturated heterocycles. The second-order valence-electron chi connectivity index (χ2n) is 4.79. The molecule has 0 heterocycles. The van der Waals surface area contributed by atoms with E-state index in [9.17, 15) is 18.0 Å². The number of rotatable bonds is 3. The van der Waals surface area contributed by atoms with E-state index in [0.29, 0.717) is 19.4 Å². The van der Waals surface area contributed by atoms with Crippen molar-refractivity contribution in [3.63, 3.8) is 0 Å². The van der Waals surface area contributed by atoms with E-state index in [1.54, 1.807) is 6.92 Å². The van der Waals surface area contributed by atoms with Gasteiger partial charge in [-0.3, -0.25) is 4.79 Å². The molecule has 3 N–H and O–H groups in total. The molecule has 7 heteroatoms. The van der Waals surface area contributed by atoms with Crippen molar-refractivity contribution in [2.45, 2.75) is 44.8 Å². The lowest BCUT2D eigenvalue weighted by Gasteiger charge is -2.30. The highest BCUT2D eigenvalue weighted by atomic mass is 35.5. The van der Waals surface area contributed by atoms with Gasteiger partial charge in [0.15, 0.2) is 0 Å². The minimum atomic E-state index is -4.07. The highest BCUT2D eigenvalue weighted by Gasteiger charge is 2.41. The Morgan fingerprint density at radius 2 is 1.83 bits per heavy atom. The number of carbonyl (C=O) groups is 1. The molecule has 1 aliphatic rings. The minimum absolute atomic E-state index is 0. The molecule has 1 amide bonds. The molecule has 0 aromatic carbocycles. The molecular weight excluding hydrogens is 269 g/mol. The summed E-state index contributed by atoms with van der Waals surface area (Å²) >= 11 is 0. The second kappa shape index (κ2) is 7.19. The molecule has 1 aliphatic carbocycles. The quantitative estimate of drug-likeness (QED) is 0.837. The van der Waals surface area contributed by atoms with E-state index in [4.69, 9.17) is 5.73 Å². The number of halogens is 4. The summed E-state index contributed by atoms with van der Waals surface area (Å²) in [5.74, 6) is -1.26. The van der Waals surface area contributed by atoms with Crippen LogP contribution in [0, 0.1) is 11.8 Å². The highest BCUT2D eigenvalue weighted by molar-refractivity contribution is 5.85. The maximum atomic E-state index is 12.4. The van der Waals surface area contributed by atoms with Gasteiger partial charge in [0.2, 0.25) is 5.91 Å². The molecular formula is C11H20ClF3N2O. The number of carbonyl (C=O) groups excluding carboxylic acids is 1. The molecule has 0 bridgehead atoms. The fourth-order valence-corrected chi connectivity index (χ4v) is 2.10. The van der Waals surface area contributed by atoms with E-state index in [-0.39, 0.29) is 37.1 Å². The van der Waals surface area contributed by atoms with Gasteiger partial charge in [-0.15, -0.1) is 12.4 Å². The summed E-state index contributed by atoms with van der Waals surface area (Å²) in [7, 11) is 0. The van der Waals surface area contributed by atoms with Crippen LogP contribution in [0.25, 0.3) is 0 Å². The van der Waals surface area contributed by atoms with Crippen LogP contribution in [0.15, 0.2) is 0 Å². The van der Waals surface area contributed by atoms with Crippen molar-refractivity contribution in [2.24, 2.45) is 17.6 Å². The first-order valence-electron chi connectivity index (χ1n) is 5.90. The van der Waals surface area contributed by atoms with Crippen molar-refractivity contribution in [3.05, 3.63) is 0 Å². The van der Waals surface area contributed by atoms with Crippen LogP contribution in [0.1, 0.15) is 32.6 Å². The average Bonchev–Trinajstić information content (AvgIpc) is 2.25. The predicted molar refractivity (Wildman–Crippen MR) is 65.4 cm³/mol. The molecule has 3 nitrogen and oxygen atoms in total. The SMILES string of the molecule is C[C@@H](N)C(=O)NCC1CCC(C(F)(F)F)CC1.Cl. The zero-order valence-electron chi connectivity index (χ0n) is 10.3. The van der Waals surface area contributed by atoms with Gasteiger partial charge < -0.3 is 11.1 Å². The molecule has 1 saturated carbocycles. The molecule has 0 spiro atoms. The van der Waals surface area contributed by atoms with Crippen molar-refractivity contribution in [1.29, 1.82) is 0 Å². The Labute approximate surface area is 111 Å². The summed E-state index contributed by atoms with van der Waals surface area (Å²) in [6.07, 6.45) is -2.70. The molecule has 0 aromatic rings. The smallest absolute Gasteiger partial charge is 0.354 e. The minimum Gasteiger partial charge on any atom is -0.354 e. The Morgan fingerprint density at radius 3 is 2.22 bits per heavy atom. The Balaban J connectivity index is 0.00000289. The van der Waals surface area contributed by atoms with Crippen molar-refractivity contribution < 1.29 is 18.0 Å². The summed E-state index contributed by atoms with van der Waals surface area (Å²) < 4.78 is 37.2. The summed E-state index contributed by atoms with van der Waals surface area (Å²) in [5, 5.41) is 2.66. The third-order valence-electron chi connectivity index (χ3n) is 3.29. The lowest BCUT2D eigenvalue weighted by atomic mass is 9.81. The van der Waals surface area contributed by atoms with Gasteiger partial charge in [-0.1, -0.05) is 0 Å². The van der Waals surface area contributed by atoms with Crippen molar-refractivity contribution in [2.75, 3.05) is 6.54 Å². The number of hydrogen-bond donors (Lipinski definition) is 2. The maximum absolute atomic E-state index is 12.4. The van der Waals surface area contributed by atoms with E-state index >= 15 is 0 Å². The number of alkyl halides is 3. The monoisotopic (exact) mass is 288 g/mol. The van der Waals surface area contributed by atoms with Gasteiger partial charge in [-0.25, -0.2) is 0 Å². The van der Waals surface area contributed by atoms with Crippen LogP contribution in [0.2, 0.25) is 0 Å². The third-order valence-corrected chi connectivity index (χ3v) is 3.29. The summed E-state index contributed by atoms with van der Waals surface area (Å²) in [6.45, 7) is 2.01. The van der Waals surface area contributed by atoms with Crippen molar-refractivity contribution in [1.82, 2.24) is 5.32 Å². The number of hydrogen-bond acceptors (Lipinski definition) is 2. The van der Waals surface area contributed by atoms with Crippen LogP contribution in [0.5, 0.6) is 0 Å². The molecule has 0 unspecified atom stereocenters. The van der Waals surface area contributed by atoms with E-state index in [1.807, 2.05) is 0 Å². The standard InChI is InChI=1S/C11H19F3N2O.ClH/c1-7(15)10(17)16-6-8-2-4-9(5-3-8)11(12,13)14;/h7-9H,2-6,15H2,1H3,(H,16,17);1H/t7-,8?,9?;/m1./s1. The summed E-state index contributed by atoms with van der Waals surface area (Å²) in [6, 6.07) is -0.568. The first-order valence-corrected chi connectivity index (χ1v) is 5.90. The lowest BCUT2D eigenvalue weighted by Crippen LogP contribution is -2.41. The van der Waals surface area contributed by atoms with Crippen LogP contribution in [0.4, 0.5) is 13.2 Å². The summed E-state index contributed by atoms with van der Waals surface area (Å²) in [4.78, 5) is 11.2. The molecule has 1 atom stereocenters. The molecule has 1 fully saturated rings. The van der Waals surface area contributed by atoms with Crippen molar-refractivity contribution in [3.8, 4) is 0 Å². The Kier molecular flexibility index (Phi) is 6.99. The zero-order valence-corrected chi connectivity index (χ0v) is 11.1. The van der Waals surface area contributed by atoms with Crippen LogP contribution in [-0.2, 0) is 4.79 Å². The van der Waals surface area contributed by atoms with Crippen LogP contribution < -0.4 is 11.1 Å². The molecule has 0 aliphatic heterocycles. The maximum Gasteiger partial charge on any atom is 0.391 e. The van der Waals surface area contributed by atoms with E-state index < -0.39 is 18.1 Å². The van der Waals surface area contributed by atoms with E-state index in [2.05, 4.69) is 5.32 Å². The van der Waals surface area contributed by atoms with Gasteiger partial charge >= 0.3 is 6.18 Å². The van der Waals surface area contributed by atoms with Crippen LogP contribution >= 0.6 is 12.4 Å². The Morgan fingerprint density at radius 1 is 1.33 bits per heavy atom. The lowest BCUT2D eigenvalue weighted by molar-refractivity contribution is -0.183. The van der Waals surface area contributed by atoms with Crippen LogP contribution in [0.3, 0.4) is 0 Å². The Bertz CT molecular complexity index is 264. The number of nitrogens with two attached hydrogens (primary N) is 1. The topological polar surface area (TPSA) is 55.1 Å². The van der Waals surface area contributed by atoms with Gasteiger partial charge in [0.05, 0.1) is 12.0 Å². The normalized spacial score (nSPS) is 26.1. The van der Waals surface area contributed by atoms with Crippen LogP contribution in [-0.4, -0.2) is 24.7 Å². The van der Waals surface area contributed by atoms with Gasteiger partial charge in [0, 0.05) is 6.54 Å². The molecule has 18 heavy (non-hydrogen) atoms. The van der Waals surface area contributed by atoms with E-state index in [1.165, 1.54) is 0 Å². The van der Waals surface area contributed by atoms with Gasteiger partial charge in [-0.2, -0.15) is 13.2 Å². The largest absolute Gasteiger partial charge is 0.391 e. The fraction of sp³-hybridized carbons (Fsp3) is 0.909. The van der Waals surface area contributed by atoms with E-state index in [0.717, 1.165) is 0 Å². The van der Waals surface area contributed by atoms with Gasteiger partial charge in [0.1, 0.15) is 0 Å². The second-order valence-corrected chi connectivity index (χ2v) is 4.79.